The lowest BCUT2D eigenvalue weighted by Gasteiger charge is -2.21. The predicted octanol–water partition coefficient (Wildman–Crippen LogP) is 2.17. The zero-order valence-electron chi connectivity index (χ0n) is 12.8. The van der Waals surface area contributed by atoms with Gasteiger partial charge in [-0.15, -0.1) is 0 Å². The van der Waals surface area contributed by atoms with Crippen molar-refractivity contribution in [2.75, 3.05) is 11.9 Å². The summed E-state index contributed by atoms with van der Waals surface area (Å²) in [6.45, 7) is 3.47. The summed E-state index contributed by atoms with van der Waals surface area (Å²) in [5, 5.41) is 13.5. The zero-order valence-corrected chi connectivity index (χ0v) is 12.8. The fourth-order valence-corrected chi connectivity index (χ4v) is 1.91. The summed E-state index contributed by atoms with van der Waals surface area (Å²) < 4.78 is 37.8. The molecule has 0 aliphatic carbocycles. The lowest BCUT2D eigenvalue weighted by atomic mass is 10.0. The molecule has 1 unspecified atom stereocenters. The van der Waals surface area contributed by atoms with Gasteiger partial charge in [0.25, 0.3) is 0 Å². The Balaban J connectivity index is 2.74. The summed E-state index contributed by atoms with van der Waals surface area (Å²) in [5.74, 6) is -2.03. The zero-order chi connectivity index (χ0) is 17.6. The van der Waals surface area contributed by atoms with E-state index in [-0.39, 0.29) is 24.6 Å². The third-order valence-corrected chi connectivity index (χ3v) is 3.22. The monoisotopic (exact) mass is 332 g/mol. The second-order valence-corrected chi connectivity index (χ2v) is 5.37. The first kappa shape index (κ1) is 19.0. The van der Waals surface area contributed by atoms with Crippen molar-refractivity contribution in [2.45, 2.75) is 32.5 Å². The molecule has 0 saturated heterocycles. The van der Waals surface area contributed by atoms with Crippen molar-refractivity contribution in [2.24, 2.45) is 5.92 Å². The number of hydrogen-bond acceptors (Lipinski definition) is 3. The van der Waals surface area contributed by atoms with E-state index in [0.29, 0.717) is 0 Å². The maximum atomic E-state index is 12.6. The van der Waals surface area contributed by atoms with E-state index in [2.05, 4.69) is 10.6 Å². The molecule has 128 valence electrons. The molecule has 2 amide bonds. The first-order chi connectivity index (χ1) is 10.6. The number of hydrogen-bond donors (Lipinski definition) is 3. The van der Waals surface area contributed by atoms with Crippen LogP contribution in [0.15, 0.2) is 24.3 Å². The van der Waals surface area contributed by atoms with Gasteiger partial charge < -0.3 is 15.7 Å². The van der Waals surface area contributed by atoms with Gasteiger partial charge in [0.2, 0.25) is 0 Å². The lowest BCUT2D eigenvalue weighted by molar-refractivity contribution is -0.137. The Morgan fingerprint density at radius 2 is 1.87 bits per heavy atom. The molecule has 5 nitrogen and oxygen atoms in total. The first-order valence-electron chi connectivity index (χ1n) is 7.05. The summed E-state index contributed by atoms with van der Waals surface area (Å²) >= 11 is 0. The van der Waals surface area contributed by atoms with Gasteiger partial charge in [-0.3, -0.25) is 9.59 Å². The molecule has 1 atom stereocenters. The summed E-state index contributed by atoms with van der Waals surface area (Å²) in [5.41, 5.74) is -1.04. The third-order valence-electron chi connectivity index (χ3n) is 3.22. The van der Waals surface area contributed by atoms with E-state index in [0.717, 1.165) is 18.2 Å². The topological polar surface area (TPSA) is 78.4 Å². The van der Waals surface area contributed by atoms with Crippen LogP contribution in [0.5, 0.6) is 0 Å². The number of aliphatic hydroxyl groups excluding tert-OH is 1. The van der Waals surface area contributed by atoms with E-state index in [4.69, 9.17) is 5.11 Å². The Bertz CT molecular complexity index is 559. The highest BCUT2D eigenvalue weighted by atomic mass is 19.4. The van der Waals surface area contributed by atoms with Gasteiger partial charge in [-0.05, 0) is 30.5 Å². The average Bonchev–Trinajstić information content (AvgIpc) is 2.45. The van der Waals surface area contributed by atoms with Crippen LogP contribution < -0.4 is 10.6 Å². The Hall–Kier alpha value is -2.09. The molecule has 0 aromatic heterocycles. The van der Waals surface area contributed by atoms with Gasteiger partial charge in [0.05, 0.1) is 5.56 Å². The van der Waals surface area contributed by atoms with E-state index < -0.39 is 29.6 Å². The van der Waals surface area contributed by atoms with Gasteiger partial charge in [0.15, 0.2) is 0 Å². The number of benzene rings is 1. The van der Waals surface area contributed by atoms with Crippen molar-refractivity contribution >= 4 is 17.5 Å². The Morgan fingerprint density at radius 3 is 2.39 bits per heavy atom. The first-order valence-corrected chi connectivity index (χ1v) is 7.05. The summed E-state index contributed by atoms with van der Waals surface area (Å²) in [6.07, 6.45) is -4.26. The molecule has 8 heteroatoms. The van der Waals surface area contributed by atoms with E-state index in [1.807, 2.05) is 13.8 Å². The summed E-state index contributed by atoms with van der Waals surface area (Å²) in [6, 6.07) is 3.61. The predicted molar refractivity (Wildman–Crippen MR) is 78.5 cm³/mol. The highest BCUT2D eigenvalue weighted by Crippen LogP contribution is 2.30. The van der Waals surface area contributed by atoms with Crippen LogP contribution in [0.3, 0.4) is 0 Å². The van der Waals surface area contributed by atoms with Gasteiger partial charge in [0, 0.05) is 18.3 Å². The molecule has 1 aromatic rings. The molecule has 3 N–H and O–H groups in total. The number of carbonyl (C=O) groups is 2. The number of carbonyl (C=O) groups excluding carboxylic acids is 2. The lowest BCUT2D eigenvalue weighted by Crippen LogP contribution is -2.44. The van der Waals surface area contributed by atoms with Crippen LogP contribution in [-0.2, 0) is 15.8 Å². The van der Waals surface area contributed by atoms with Gasteiger partial charge in [-0.2, -0.15) is 13.2 Å². The second-order valence-electron chi connectivity index (χ2n) is 5.37. The van der Waals surface area contributed by atoms with Crippen molar-refractivity contribution in [1.29, 1.82) is 0 Å². The highest BCUT2D eigenvalue weighted by molar-refractivity contribution is 6.39. The van der Waals surface area contributed by atoms with E-state index in [1.54, 1.807) is 0 Å². The molecule has 0 aliphatic heterocycles. The van der Waals surface area contributed by atoms with Crippen LogP contribution in [-0.4, -0.2) is 29.6 Å². The SMILES string of the molecule is CC(C)C(CCO)NC(=O)C(=O)Nc1cccc(C(F)(F)F)c1. The minimum Gasteiger partial charge on any atom is -0.396 e. The van der Waals surface area contributed by atoms with Crippen LogP contribution in [0.25, 0.3) is 0 Å². The number of alkyl halides is 3. The van der Waals surface area contributed by atoms with Gasteiger partial charge in [-0.1, -0.05) is 19.9 Å². The second kappa shape index (κ2) is 7.96. The number of rotatable bonds is 5. The molecule has 0 radical (unpaired) electrons. The number of nitrogens with one attached hydrogen (secondary N) is 2. The van der Waals surface area contributed by atoms with E-state index in [9.17, 15) is 22.8 Å². The van der Waals surface area contributed by atoms with Crippen LogP contribution in [0.1, 0.15) is 25.8 Å². The van der Waals surface area contributed by atoms with E-state index in [1.165, 1.54) is 6.07 Å². The van der Waals surface area contributed by atoms with Crippen molar-refractivity contribution in [3.05, 3.63) is 29.8 Å². The quantitative estimate of drug-likeness (QED) is 0.723. The average molecular weight is 332 g/mol. The molecule has 0 aliphatic rings. The Labute approximate surface area is 131 Å². The normalized spacial score (nSPS) is 12.8. The maximum absolute atomic E-state index is 12.6. The van der Waals surface area contributed by atoms with Gasteiger partial charge >= 0.3 is 18.0 Å². The number of amides is 2. The smallest absolute Gasteiger partial charge is 0.396 e. The van der Waals surface area contributed by atoms with Crippen LogP contribution in [0.2, 0.25) is 0 Å². The molecule has 1 rings (SSSR count). The van der Waals surface area contributed by atoms with Crippen LogP contribution >= 0.6 is 0 Å². The summed E-state index contributed by atoms with van der Waals surface area (Å²) in [7, 11) is 0. The molecular formula is C15H19F3N2O3. The summed E-state index contributed by atoms with van der Waals surface area (Å²) in [4.78, 5) is 23.6. The van der Waals surface area contributed by atoms with Crippen molar-refractivity contribution in [3.8, 4) is 0 Å². The molecular weight excluding hydrogens is 313 g/mol. The van der Waals surface area contributed by atoms with Crippen LogP contribution in [0.4, 0.5) is 18.9 Å². The van der Waals surface area contributed by atoms with E-state index >= 15 is 0 Å². The molecule has 0 saturated carbocycles. The van der Waals surface area contributed by atoms with Gasteiger partial charge in [-0.25, -0.2) is 0 Å². The van der Waals surface area contributed by atoms with Crippen molar-refractivity contribution < 1.29 is 27.9 Å². The minimum atomic E-state index is -4.53. The largest absolute Gasteiger partial charge is 0.416 e. The fourth-order valence-electron chi connectivity index (χ4n) is 1.91. The number of aliphatic hydroxyl groups is 1. The van der Waals surface area contributed by atoms with Crippen LogP contribution in [0, 0.1) is 5.92 Å². The number of halogens is 3. The number of anilines is 1. The van der Waals surface area contributed by atoms with Crippen molar-refractivity contribution in [3.63, 3.8) is 0 Å². The Kier molecular flexibility index (Phi) is 6.56. The molecule has 0 heterocycles. The third kappa shape index (κ3) is 5.90. The molecule has 1 aromatic carbocycles. The standard InChI is InChI=1S/C15H19F3N2O3/c1-9(2)12(6-7-21)20-14(23)13(22)19-11-5-3-4-10(8-11)15(16,17)18/h3-5,8-9,12,21H,6-7H2,1-2H3,(H,19,22)(H,20,23). The Morgan fingerprint density at radius 1 is 1.22 bits per heavy atom. The van der Waals surface area contributed by atoms with Crippen molar-refractivity contribution in [1.82, 2.24) is 5.32 Å². The highest BCUT2D eigenvalue weighted by Gasteiger charge is 2.30. The molecule has 0 spiro atoms. The maximum Gasteiger partial charge on any atom is 0.416 e. The molecule has 0 bridgehead atoms. The fraction of sp³-hybridized carbons (Fsp3) is 0.467. The minimum absolute atomic E-state index is 0.00698. The molecule has 23 heavy (non-hydrogen) atoms. The molecule has 0 fully saturated rings. The van der Waals surface area contributed by atoms with Gasteiger partial charge in [0.1, 0.15) is 0 Å².